The number of aromatic nitrogens is 1. The molecule has 0 aliphatic rings. The number of benzene rings is 1. The molecule has 0 spiro atoms. The summed E-state index contributed by atoms with van der Waals surface area (Å²) in [6.07, 6.45) is 5.99. The number of unbranched alkanes of at least 4 members (excludes halogenated alkanes) is 1. The monoisotopic (exact) mass is 328 g/mol. The molecular formula is C19H24N2O3. The van der Waals surface area contributed by atoms with Crippen LogP contribution in [0.25, 0.3) is 11.1 Å². The van der Waals surface area contributed by atoms with Crippen molar-refractivity contribution in [3.63, 3.8) is 0 Å². The molecular weight excluding hydrogens is 304 g/mol. The number of carbonyl (C=O) groups is 1. The van der Waals surface area contributed by atoms with Gasteiger partial charge >= 0.3 is 5.97 Å². The molecule has 0 fully saturated rings. The van der Waals surface area contributed by atoms with Crippen LogP contribution >= 0.6 is 0 Å². The van der Waals surface area contributed by atoms with Crippen molar-refractivity contribution in [2.75, 3.05) is 7.11 Å². The van der Waals surface area contributed by atoms with Gasteiger partial charge in [-0.25, -0.2) is 0 Å². The molecule has 0 amide bonds. The molecule has 0 bridgehead atoms. The van der Waals surface area contributed by atoms with Crippen molar-refractivity contribution in [3.05, 3.63) is 48.3 Å². The van der Waals surface area contributed by atoms with Crippen LogP contribution in [0.5, 0.6) is 5.75 Å². The Morgan fingerprint density at radius 3 is 2.62 bits per heavy atom. The Balaban J connectivity index is 2.17. The van der Waals surface area contributed by atoms with Crippen molar-refractivity contribution in [1.82, 2.24) is 10.3 Å². The van der Waals surface area contributed by atoms with E-state index in [1.807, 2.05) is 30.3 Å². The van der Waals surface area contributed by atoms with E-state index in [0.29, 0.717) is 13.0 Å². The van der Waals surface area contributed by atoms with E-state index < -0.39 is 12.0 Å². The summed E-state index contributed by atoms with van der Waals surface area (Å²) in [4.78, 5) is 15.4. The van der Waals surface area contributed by atoms with Crippen LogP contribution < -0.4 is 10.1 Å². The second-order valence-corrected chi connectivity index (χ2v) is 5.68. The fourth-order valence-electron chi connectivity index (χ4n) is 2.59. The molecule has 0 aliphatic heterocycles. The van der Waals surface area contributed by atoms with Gasteiger partial charge < -0.3 is 15.2 Å². The molecule has 1 aromatic heterocycles. The molecule has 5 nitrogen and oxygen atoms in total. The van der Waals surface area contributed by atoms with Crippen LogP contribution in [0.2, 0.25) is 0 Å². The topological polar surface area (TPSA) is 71.5 Å². The molecule has 128 valence electrons. The Morgan fingerprint density at radius 1 is 1.25 bits per heavy atom. The molecule has 0 aliphatic carbocycles. The van der Waals surface area contributed by atoms with Crippen molar-refractivity contribution in [3.8, 4) is 16.9 Å². The summed E-state index contributed by atoms with van der Waals surface area (Å²) < 4.78 is 5.41. The average molecular weight is 328 g/mol. The van der Waals surface area contributed by atoms with Crippen molar-refractivity contribution in [2.45, 2.75) is 38.8 Å². The van der Waals surface area contributed by atoms with Gasteiger partial charge in [-0.3, -0.25) is 9.78 Å². The first-order valence-corrected chi connectivity index (χ1v) is 8.19. The number of hydrogen-bond acceptors (Lipinski definition) is 4. The number of nitrogens with zero attached hydrogens (tertiary/aromatic N) is 1. The third-order valence-electron chi connectivity index (χ3n) is 3.98. The van der Waals surface area contributed by atoms with Crippen LogP contribution in [0.3, 0.4) is 0 Å². The number of carboxylic acid groups (broad SMARTS) is 1. The Kier molecular flexibility index (Phi) is 6.75. The van der Waals surface area contributed by atoms with Gasteiger partial charge in [0.05, 0.1) is 7.11 Å². The summed E-state index contributed by atoms with van der Waals surface area (Å²) in [6.45, 7) is 2.50. The lowest BCUT2D eigenvalue weighted by Gasteiger charge is -2.16. The van der Waals surface area contributed by atoms with Crippen molar-refractivity contribution >= 4 is 5.97 Å². The molecule has 0 radical (unpaired) electrons. The zero-order valence-electron chi connectivity index (χ0n) is 14.2. The van der Waals surface area contributed by atoms with E-state index in [0.717, 1.165) is 35.3 Å². The minimum absolute atomic E-state index is 0.447. The largest absolute Gasteiger partial charge is 0.496 e. The van der Waals surface area contributed by atoms with Gasteiger partial charge in [0.25, 0.3) is 0 Å². The molecule has 0 saturated carbocycles. The quantitative estimate of drug-likeness (QED) is 0.737. The SMILES string of the molecule is CCCC[C@H](NCc1cc(-c2ccncc2)ccc1OC)C(=O)O. The molecule has 2 N–H and O–H groups in total. The Hall–Kier alpha value is -2.40. The number of nitrogens with one attached hydrogen (secondary N) is 1. The number of methoxy groups -OCH3 is 1. The molecule has 1 aromatic carbocycles. The third kappa shape index (κ3) is 4.80. The first kappa shape index (κ1) is 17.9. The van der Waals surface area contributed by atoms with Crippen LogP contribution in [0.1, 0.15) is 31.7 Å². The maximum Gasteiger partial charge on any atom is 0.320 e. The lowest BCUT2D eigenvalue weighted by molar-refractivity contribution is -0.139. The van der Waals surface area contributed by atoms with Gasteiger partial charge in [-0.05, 0) is 41.8 Å². The normalized spacial score (nSPS) is 11.9. The van der Waals surface area contributed by atoms with Crippen molar-refractivity contribution in [1.29, 1.82) is 0 Å². The van der Waals surface area contributed by atoms with Crippen LogP contribution in [0.15, 0.2) is 42.7 Å². The van der Waals surface area contributed by atoms with E-state index >= 15 is 0 Å². The highest BCUT2D eigenvalue weighted by atomic mass is 16.5. The van der Waals surface area contributed by atoms with Crippen molar-refractivity contribution < 1.29 is 14.6 Å². The number of pyridine rings is 1. The van der Waals surface area contributed by atoms with Gasteiger partial charge in [0.2, 0.25) is 0 Å². The van der Waals surface area contributed by atoms with Crippen LogP contribution in [0.4, 0.5) is 0 Å². The molecule has 5 heteroatoms. The zero-order chi connectivity index (χ0) is 17.4. The van der Waals surface area contributed by atoms with Crippen LogP contribution in [-0.2, 0) is 11.3 Å². The molecule has 1 atom stereocenters. The average Bonchev–Trinajstić information content (AvgIpc) is 2.62. The van der Waals surface area contributed by atoms with E-state index in [2.05, 4.69) is 17.2 Å². The minimum Gasteiger partial charge on any atom is -0.496 e. The molecule has 1 heterocycles. The molecule has 0 saturated heterocycles. The van der Waals surface area contributed by atoms with Crippen LogP contribution in [-0.4, -0.2) is 29.2 Å². The van der Waals surface area contributed by atoms with E-state index in [-0.39, 0.29) is 0 Å². The van der Waals surface area contributed by atoms with Crippen molar-refractivity contribution in [2.24, 2.45) is 0 Å². The minimum atomic E-state index is -0.812. The summed E-state index contributed by atoms with van der Waals surface area (Å²) in [5.74, 6) is -0.0624. The van der Waals surface area contributed by atoms with Gasteiger partial charge in [0, 0.05) is 24.5 Å². The standard InChI is InChI=1S/C19H24N2O3/c1-3-4-5-17(19(22)23)21-13-16-12-15(6-7-18(16)24-2)14-8-10-20-11-9-14/h6-12,17,21H,3-5,13H2,1-2H3,(H,22,23)/t17-/m0/s1. The highest BCUT2D eigenvalue weighted by Gasteiger charge is 2.17. The summed E-state index contributed by atoms with van der Waals surface area (Å²) >= 11 is 0. The highest BCUT2D eigenvalue weighted by molar-refractivity contribution is 5.73. The number of hydrogen-bond donors (Lipinski definition) is 2. The number of carboxylic acids is 1. The maximum absolute atomic E-state index is 11.4. The number of rotatable bonds is 9. The van der Waals surface area contributed by atoms with Gasteiger partial charge in [0.1, 0.15) is 11.8 Å². The number of aliphatic carboxylic acids is 1. The molecule has 2 aromatic rings. The predicted molar refractivity (Wildman–Crippen MR) is 94.0 cm³/mol. The summed E-state index contributed by atoms with van der Waals surface area (Å²) in [5, 5.41) is 12.5. The smallest absolute Gasteiger partial charge is 0.320 e. The summed E-state index contributed by atoms with van der Waals surface area (Å²) in [6, 6.07) is 9.28. The predicted octanol–water partition coefficient (Wildman–Crippen LogP) is 3.49. The first-order chi connectivity index (χ1) is 11.7. The fourth-order valence-corrected chi connectivity index (χ4v) is 2.59. The third-order valence-corrected chi connectivity index (χ3v) is 3.98. The lowest BCUT2D eigenvalue weighted by Crippen LogP contribution is -2.36. The maximum atomic E-state index is 11.4. The van der Waals surface area contributed by atoms with Crippen LogP contribution in [0, 0.1) is 0 Å². The van der Waals surface area contributed by atoms with Gasteiger partial charge in [-0.2, -0.15) is 0 Å². The fraction of sp³-hybridized carbons (Fsp3) is 0.368. The van der Waals surface area contributed by atoms with E-state index in [4.69, 9.17) is 4.74 Å². The second kappa shape index (κ2) is 9.03. The summed E-state index contributed by atoms with van der Waals surface area (Å²) in [7, 11) is 1.62. The molecule has 24 heavy (non-hydrogen) atoms. The summed E-state index contributed by atoms with van der Waals surface area (Å²) in [5.41, 5.74) is 3.06. The second-order valence-electron chi connectivity index (χ2n) is 5.68. The van der Waals surface area contributed by atoms with Gasteiger partial charge in [0.15, 0.2) is 0 Å². The Bertz CT molecular complexity index is 659. The van der Waals surface area contributed by atoms with E-state index in [1.54, 1.807) is 19.5 Å². The lowest BCUT2D eigenvalue weighted by atomic mass is 10.0. The Labute approximate surface area is 142 Å². The number of ether oxygens (including phenoxy) is 1. The first-order valence-electron chi connectivity index (χ1n) is 8.19. The van der Waals surface area contributed by atoms with Gasteiger partial charge in [-0.15, -0.1) is 0 Å². The Morgan fingerprint density at radius 2 is 2.00 bits per heavy atom. The van der Waals surface area contributed by atoms with E-state index in [9.17, 15) is 9.90 Å². The zero-order valence-corrected chi connectivity index (χ0v) is 14.2. The molecule has 2 rings (SSSR count). The van der Waals surface area contributed by atoms with E-state index in [1.165, 1.54) is 0 Å². The highest BCUT2D eigenvalue weighted by Crippen LogP contribution is 2.26. The van der Waals surface area contributed by atoms with Gasteiger partial charge in [-0.1, -0.05) is 25.8 Å². The molecule has 0 unspecified atom stereocenters.